The van der Waals surface area contributed by atoms with Crippen molar-refractivity contribution < 1.29 is 18.7 Å². The highest BCUT2D eigenvalue weighted by Crippen LogP contribution is 2.40. The summed E-state index contributed by atoms with van der Waals surface area (Å²) in [5.41, 5.74) is 1.63. The van der Waals surface area contributed by atoms with Crippen LogP contribution >= 0.6 is 0 Å². The SMILES string of the molecule is COc1ccc(OC)c(C2CCCN2C(=O)CN(C2CC2)C(C)c2ccccc2F)c1. The molecule has 4 rings (SSSR count). The lowest BCUT2D eigenvalue weighted by Gasteiger charge is -2.33. The van der Waals surface area contributed by atoms with Gasteiger partial charge in [0.15, 0.2) is 0 Å². The van der Waals surface area contributed by atoms with Crippen LogP contribution < -0.4 is 9.47 Å². The molecule has 1 saturated carbocycles. The zero-order valence-electron chi connectivity index (χ0n) is 18.5. The molecule has 166 valence electrons. The molecule has 2 aliphatic rings. The van der Waals surface area contributed by atoms with Gasteiger partial charge in [-0.2, -0.15) is 0 Å². The average molecular weight is 427 g/mol. The minimum Gasteiger partial charge on any atom is -0.497 e. The van der Waals surface area contributed by atoms with E-state index in [0.717, 1.165) is 49.3 Å². The van der Waals surface area contributed by atoms with Crippen molar-refractivity contribution in [1.29, 1.82) is 0 Å². The van der Waals surface area contributed by atoms with Crippen molar-refractivity contribution in [2.45, 2.75) is 50.7 Å². The van der Waals surface area contributed by atoms with Crippen LogP contribution in [0.25, 0.3) is 0 Å². The van der Waals surface area contributed by atoms with E-state index in [2.05, 4.69) is 4.90 Å². The van der Waals surface area contributed by atoms with Gasteiger partial charge in [0, 0.05) is 29.8 Å². The molecule has 1 amide bonds. The second-order valence-electron chi connectivity index (χ2n) is 8.45. The number of ether oxygens (including phenoxy) is 2. The Balaban J connectivity index is 1.55. The number of rotatable bonds is 8. The molecule has 0 bridgehead atoms. The van der Waals surface area contributed by atoms with Gasteiger partial charge in [-0.05, 0) is 56.9 Å². The molecule has 0 radical (unpaired) electrons. The molecule has 2 aromatic rings. The van der Waals surface area contributed by atoms with E-state index in [1.54, 1.807) is 20.3 Å². The third-order valence-corrected chi connectivity index (χ3v) is 6.56. The van der Waals surface area contributed by atoms with Gasteiger partial charge >= 0.3 is 0 Å². The third kappa shape index (κ3) is 4.54. The van der Waals surface area contributed by atoms with Crippen LogP contribution in [-0.4, -0.2) is 49.1 Å². The molecule has 2 fully saturated rings. The Hall–Kier alpha value is -2.60. The number of hydrogen-bond acceptors (Lipinski definition) is 4. The lowest BCUT2D eigenvalue weighted by molar-refractivity contribution is -0.134. The van der Waals surface area contributed by atoms with Gasteiger partial charge in [-0.15, -0.1) is 0 Å². The first-order valence-corrected chi connectivity index (χ1v) is 11.0. The highest BCUT2D eigenvalue weighted by atomic mass is 19.1. The molecule has 2 aromatic carbocycles. The summed E-state index contributed by atoms with van der Waals surface area (Å²) < 4.78 is 25.4. The molecular formula is C25H31FN2O3. The van der Waals surface area contributed by atoms with Gasteiger partial charge in [-0.3, -0.25) is 9.69 Å². The van der Waals surface area contributed by atoms with Crippen LogP contribution in [0.1, 0.15) is 55.8 Å². The number of benzene rings is 2. The first kappa shape index (κ1) is 21.6. The van der Waals surface area contributed by atoms with Crippen molar-refractivity contribution in [3.05, 3.63) is 59.4 Å². The number of carbonyl (C=O) groups excluding carboxylic acids is 1. The Morgan fingerprint density at radius 1 is 1.16 bits per heavy atom. The van der Waals surface area contributed by atoms with Crippen LogP contribution in [0.15, 0.2) is 42.5 Å². The Bertz CT molecular complexity index is 931. The largest absolute Gasteiger partial charge is 0.497 e. The van der Waals surface area contributed by atoms with E-state index in [4.69, 9.17) is 9.47 Å². The fourth-order valence-electron chi connectivity index (χ4n) is 4.72. The number of hydrogen-bond donors (Lipinski definition) is 0. The molecule has 6 heteroatoms. The number of carbonyl (C=O) groups is 1. The summed E-state index contributed by atoms with van der Waals surface area (Å²) >= 11 is 0. The normalized spacial score (nSPS) is 19.5. The van der Waals surface area contributed by atoms with Crippen molar-refractivity contribution >= 4 is 5.91 Å². The highest BCUT2D eigenvalue weighted by molar-refractivity contribution is 5.79. The molecule has 1 aliphatic heterocycles. The van der Waals surface area contributed by atoms with Gasteiger partial charge < -0.3 is 14.4 Å². The fourth-order valence-corrected chi connectivity index (χ4v) is 4.72. The van der Waals surface area contributed by atoms with E-state index in [1.165, 1.54) is 6.07 Å². The van der Waals surface area contributed by atoms with Crippen LogP contribution in [0.2, 0.25) is 0 Å². The topological polar surface area (TPSA) is 42.0 Å². The van der Waals surface area contributed by atoms with Crippen molar-refractivity contribution in [2.24, 2.45) is 0 Å². The van der Waals surface area contributed by atoms with Crippen LogP contribution in [0.4, 0.5) is 4.39 Å². The summed E-state index contributed by atoms with van der Waals surface area (Å²) in [6.45, 7) is 3.01. The molecule has 1 heterocycles. The van der Waals surface area contributed by atoms with Gasteiger partial charge in [0.1, 0.15) is 17.3 Å². The average Bonchev–Trinajstić information content (AvgIpc) is 3.51. The summed E-state index contributed by atoms with van der Waals surface area (Å²) in [4.78, 5) is 17.6. The lowest BCUT2D eigenvalue weighted by Crippen LogP contribution is -2.42. The fraction of sp³-hybridized carbons (Fsp3) is 0.480. The maximum Gasteiger partial charge on any atom is 0.237 e. The first-order chi connectivity index (χ1) is 15.0. The van der Waals surface area contributed by atoms with Gasteiger partial charge in [0.05, 0.1) is 26.8 Å². The second kappa shape index (κ2) is 9.27. The summed E-state index contributed by atoms with van der Waals surface area (Å²) in [5, 5.41) is 0. The molecule has 0 aromatic heterocycles. The van der Waals surface area contributed by atoms with E-state index in [9.17, 15) is 9.18 Å². The van der Waals surface area contributed by atoms with Crippen molar-refractivity contribution in [3.8, 4) is 11.5 Å². The lowest BCUT2D eigenvalue weighted by atomic mass is 10.0. The molecule has 5 nitrogen and oxygen atoms in total. The van der Waals surface area contributed by atoms with E-state index in [-0.39, 0.29) is 23.8 Å². The van der Waals surface area contributed by atoms with Crippen molar-refractivity contribution in [1.82, 2.24) is 9.80 Å². The van der Waals surface area contributed by atoms with Gasteiger partial charge in [0.25, 0.3) is 0 Å². The molecule has 0 spiro atoms. The minimum absolute atomic E-state index is 0.0395. The number of likely N-dealkylation sites (tertiary alicyclic amines) is 1. The van der Waals surface area contributed by atoms with E-state index >= 15 is 0 Å². The predicted molar refractivity (Wildman–Crippen MR) is 118 cm³/mol. The van der Waals surface area contributed by atoms with Gasteiger partial charge in [0.2, 0.25) is 5.91 Å². The Morgan fingerprint density at radius 3 is 2.61 bits per heavy atom. The molecule has 1 aliphatic carbocycles. The second-order valence-corrected chi connectivity index (χ2v) is 8.45. The Morgan fingerprint density at radius 2 is 1.94 bits per heavy atom. The zero-order valence-corrected chi connectivity index (χ0v) is 18.5. The van der Waals surface area contributed by atoms with Crippen molar-refractivity contribution in [3.63, 3.8) is 0 Å². The maximum atomic E-state index is 14.4. The molecule has 31 heavy (non-hydrogen) atoms. The van der Waals surface area contributed by atoms with Crippen LogP contribution in [0.3, 0.4) is 0 Å². The van der Waals surface area contributed by atoms with Crippen LogP contribution in [0.5, 0.6) is 11.5 Å². The Labute approximate surface area is 183 Å². The zero-order chi connectivity index (χ0) is 22.0. The van der Waals surface area contributed by atoms with Gasteiger partial charge in [-0.25, -0.2) is 4.39 Å². The summed E-state index contributed by atoms with van der Waals surface area (Å²) in [6, 6.07) is 12.8. The first-order valence-electron chi connectivity index (χ1n) is 11.0. The Kier molecular flexibility index (Phi) is 6.46. The van der Waals surface area contributed by atoms with Crippen LogP contribution in [-0.2, 0) is 4.79 Å². The smallest absolute Gasteiger partial charge is 0.237 e. The monoisotopic (exact) mass is 426 g/mol. The number of amides is 1. The molecule has 2 atom stereocenters. The predicted octanol–water partition coefficient (Wildman–Crippen LogP) is 4.73. The number of halogens is 1. The number of nitrogens with zero attached hydrogens (tertiary/aromatic N) is 2. The molecule has 2 unspecified atom stereocenters. The highest BCUT2D eigenvalue weighted by Gasteiger charge is 2.38. The van der Waals surface area contributed by atoms with E-state index < -0.39 is 0 Å². The summed E-state index contributed by atoms with van der Waals surface area (Å²) in [6.07, 6.45) is 3.95. The minimum atomic E-state index is -0.215. The molecule has 1 saturated heterocycles. The third-order valence-electron chi connectivity index (χ3n) is 6.56. The molecule has 0 N–H and O–H groups in total. The summed E-state index contributed by atoms with van der Waals surface area (Å²) in [5.74, 6) is 1.39. The number of methoxy groups -OCH3 is 2. The standard InChI is InChI=1S/C25H31FN2O3/c1-17(20-7-4-5-8-22(20)26)28(18-10-11-18)16-25(29)27-14-6-9-23(27)21-15-19(30-2)12-13-24(21)31-3/h4-5,7-8,12-13,15,17-18,23H,6,9-11,14,16H2,1-3H3. The maximum absolute atomic E-state index is 14.4. The quantitative estimate of drug-likeness (QED) is 0.612. The van der Waals surface area contributed by atoms with E-state index in [0.29, 0.717) is 18.2 Å². The van der Waals surface area contributed by atoms with Crippen LogP contribution in [0, 0.1) is 5.82 Å². The van der Waals surface area contributed by atoms with E-state index in [1.807, 2.05) is 42.2 Å². The van der Waals surface area contributed by atoms with Gasteiger partial charge in [-0.1, -0.05) is 18.2 Å². The summed E-state index contributed by atoms with van der Waals surface area (Å²) in [7, 11) is 3.29. The molecular weight excluding hydrogens is 395 g/mol. The van der Waals surface area contributed by atoms with Crippen molar-refractivity contribution in [2.75, 3.05) is 27.3 Å².